The second-order valence-electron chi connectivity index (χ2n) is 14.9. The number of hydrogen-bond acceptors (Lipinski definition) is 13. The number of ether oxygens (including phenoxy) is 5. The van der Waals surface area contributed by atoms with E-state index >= 15 is 0 Å². The Morgan fingerprint density at radius 2 is 1.77 bits per heavy atom. The Balaban J connectivity index is 1.07. The highest BCUT2D eigenvalue weighted by atomic mass is 16.7. The second-order valence-corrected chi connectivity index (χ2v) is 14.9. The molecule has 7 rings (SSSR count). The van der Waals surface area contributed by atoms with Crippen molar-refractivity contribution in [2.45, 2.75) is 119 Å². The van der Waals surface area contributed by atoms with Crippen LogP contribution < -0.4 is 0 Å². The summed E-state index contributed by atoms with van der Waals surface area (Å²) in [5.41, 5.74) is -1.88. The van der Waals surface area contributed by atoms with Gasteiger partial charge in [0.25, 0.3) is 0 Å². The number of aliphatic hydroxyl groups is 7. The smallest absolute Gasteiger partial charge is 0.331 e. The van der Waals surface area contributed by atoms with Crippen molar-refractivity contribution >= 4 is 5.97 Å². The largest absolute Gasteiger partial charge is 0.455 e. The number of hydrogen-bond donors (Lipinski definition) is 7. The molecule has 15 atom stereocenters. The predicted molar refractivity (Wildman–Crippen MR) is 147 cm³/mol. The van der Waals surface area contributed by atoms with Crippen molar-refractivity contribution in [1.29, 1.82) is 0 Å². The Labute approximate surface area is 255 Å². The van der Waals surface area contributed by atoms with Crippen LogP contribution in [0.2, 0.25) is 0 Å². The summed E-state index contributed by atoms with van der Waals surface area (Å²) in [7, 11) is 0. The van der Waals surface area contributed by atoms with Crippen molar-refractivity contribution < 1.29 is 64.2 Å². The predicted octanol–water partition coefficient (Wildman–Crippen LogP) is -1.13. The Bertz CT molecular complexity index is 1170. The summed E-state index contributed by atoms with van der Waals surface area (Å²) in [6.45, 7) is 0.584. The number of aliphatic hydroxyl groups excluding tert-OH is 6. The molecule has 4 aliphatic carbocycles. The quantitative estimate of drug-likeness (QED) is 0.167. The van der Waals surface area contributed by atoms with Gasteiger partial charge in [0.1, 0.15) is 42.2 Å². The fourth-order valence-electron chi connectivity index (χ4n) is 10.4. The van der Waals surface area contributed by atoms with Gasteiger partial charge in [-0.25, -0.2) is 4.79 Å². The summed E-state index contributed by atoms with van der Waals surface area (Å²) in [6.07, 6.45) is -1.77. The summed E-state index contributed by atoms with van der Waals surface area (Å²) in [6, 6.07) is 0. The maximum atomic E-state index is 12.1. The lowest BCUT2D eigenvalue weighted by atomic mass is 9.44. The van der Waals surface area contributed by atoms with E-state index in [0.29, 0.717) is 12.3 Å². The van der Waals surface area contributed by atoms with Crippen molar-refractivity contribution in [2.24, 2.45) is 28.6 Å². The molecule has 13 nitrogen and oxygen atoms in total. The number of carbonyl (C=O) groups is 1. The van der Waals surface area contributed by atoms with E-state index in [0.717, 1.165) is 50.5 Å². The van der Waals surface area contributed by atoms with Crippen molar-refractivity contribution in [3.63, 3.8) is 0 Å². The molecule has 6 fully saturated rings. The molecule has 2 saturated heterocycles. The first kappa shape index (κ1) is 31.4. The van der Waals surface area contributed by atoms with Gasteiger partial charge in [-0.1, -0.05) is 6.92 Å². The number of rotatable bonds is 7. The summed E-state index contributed by atoms with van der Waals surface area (Å²) < 4.78 is 28.9. The van der Waals surface area contributed by atoms with Gasteiger partial charge in [-0.2, -0.15) is 0 Å². The van der Waals surface area contributed by atoms with E-state index in [1.165, 1.54) is 0 Å². The van der Waals surface area contributed by atoms with Gasteiger partial charge in [-0.15, -0.1) is 0 Å². The van der Waals surface area contributed by atoms with Gasteiger partial charge < -0.3 is 59.4 Å². The Morgan fingerprint density at radius 3 is 2.50 bits per heavy atom. The van der Waals surface area contributed by atoms with Gasteiger partial charge >= 0.3 is 5.97 Å². The van der Waals surface area contributed by atoms with Crippen LogP contribution in [0.4, 0.5) is 0 Å². The van der Waals surface area contributed by atoms with Gasteiger partial charge in [0.2, 0.25) is 0 Å². The molecule has 0 aromatic heterocycles. The topological polar surface area (TPSA) is 205 Å². The Hall–Kier alpha value is -1.23. The molecule has 44 heavy (non-hydrogen) atoms. The summed E-state index contributed by atoms with van der Waals surface area (Å²) in [5, 5.41) is 73.2. The molecule has 0 aromatic rings. The molecular formula is C31H46O13. The first-order chi connectivity index (χ1) is 20.9. The third-order valence-electron chi connectivity index (χ3n) is 12.7. The first-order valence-corrected chi connectivity index (χ1v) is 16.0. The van der Waals surface area contributed by atoms with Crippen molar-refractivity contribution in [3.8, 4) is 0 Å². The average Bonchev–Trinajstić information content (AvgIpc) is 3.61. The molecule has 4 saturated carbocycles. The van der Waals surface area contributed by atoms with E-state index in [2.05, 4.69) is 6.92 Å². The molecule has 0 aromatic carbocycles. The normalized spacial score (nSPS) is 54.8. The highest BCUT2D eigenvalue weighted by molar-refractivity contribution is 5.86. The molecule has 3 heterocycles. The lowest BCUT2D eigenvalue weighted by molar-refractivity contribution is -0.340. The van der Waals surface area contributed by atoms with E-state index in [1.807, 2.05) is 0 Å². The zero-order chi connectivity index (χ0) is 31.2. The third-order valence-corrected chi connectivity index (χ3v) is 12.7. The van der Waals surface area contributed by atoms with Crippen LogP contribution in [0.5, 0.6) is 0 Å². The molecular weight excluding hydrogens is 580 g/mol. The van der Waals surface area contributed by atoms with Gasteiger partial charge in [-0.3, -0.25) is 0 Å². The second kappa shape index (κ2) is 10.9. The lowest BCUT2D eigenvalue weighted by Crippen LogP contribution is -2.62. The van der Waals surface area contributed by atoms with E-state index in [1.54, 1.807) is 6.08 Å². The molecule has 3 aliphatic heterocycles. The minimum Gasteiger partial charge on any atom is -0.455 e. The number of carbonyl (C=O) groups excluding carboxylic acids is 1. The van der Waals surface area contributed by atoms with Crippen LogP contribution in [0.25, 0.3) is 0 Å². The molecule has 2 bridgehead atoms. The average molecular weight is 627 g/mol. The summed E-state index contributed by atoms with van der Waals surface area (Å²) in [5.74, 6) is 0.401. The van der Waals surface area contributed by atoms with Gasteiger partial charge in [0.05, 0.1) is 32.0 Å². The van der Waals surface area contributed by atoms with Crippen LogP contribution >= 0.6 is 0 Å². The molecule has 0 amide bonds. The first-order valence-electron chi connectivity index (χ1n) is 16.0. The molecule has 1 spiro atoms. The summed E-state index contributed by atoms with van der Waals surface area (Å²) >= 11 is 0. The molecule has 7 N–H and O–H groups in total. The van der Waals surface area contributed by atoms with Gasteiger partial charge in [0, 0.05) is 6.08 Å². The zero-order valence-electron chi connectivity index (χ0n) is 25.0. The highest BCUT2D eigenvalue weighted by Gasteiger charge is 2.68. The molecule has 15 unspecified atom stereocenters. The highest BCUT2D eigenvalue weighted by Crippen LogP contribution is 2.72. The monoisotopic (exact) mass is 626 g/mol. The maximum Gasteiger partial charge on any atom is 0.331 e. The van der Waals surface area contributed by atoms with Gasteiger partial charge in [0.15, 0.2) is 12.6 Å². The van der Waals surface area contributed by atoms with E-state index < -0.39 is 60.9 Å². The third kappa shape index (κ3) is 4.57. The van der Waals surface area contributed by atoms with Crippen LogP contribution in [0, 0.1) is 28.6 Å². The van der Waals surface area contributed by atoms with Crippen LogP contribution in [0.1, 0.15) is 58.3 Å². The van der Waals surface area contributed by atoms with E-state index in [4.69, 9.17) is 23.7 Å². The van der Waals surface area contributed by atoms with E-state index in [9.17, 15) is 40.5 Å². The van der Waals surface area contributed by atoms with Crippen LogP contribution in [-0.2, 0) is 28.5 Å². The molecule has 0 radical (unpaired) electrons. The Morgan fingerprint density at radius 1 is 0.977 bits per heavy atom. The minimum absolute atomic E-state index is 0.00327. The lowest BCUT2D eigenvalue weighted by Gasteiger charge is -2.60. The van der Waals surface area contributed by atoms with Crippen molar-refractivity contribution in [2.75, 3.05) is 26.4 Å². The fourth-order valence-corrected chi connectivity index (χ4v) is 10.4. The van der Waals surface area contributed by atoms with Gasteiger partial charge in [-0.05, 0) is 85.5 Å². The number of fused-ring (bicyclic) bond motifs is 5. The Kier molecular flexibility index (Phi) is 7.78. The maximum absolute atomic E-state index is 12.1. The zero-order valence-corrected chi connectivity index (χ0v) is 25.0. The fraction of sp³-hybridized carbons (Fsp3) is 0.903. The summed E-state index contributed by atoms with van der Waals surface area (Å²) in [4.78, 5) is 12.1. The van der Waals surface area contributed by atoms with E-state index in [-0.39, 0.29) is 54.6 Å². The van der Waals surface area contributed by atoms with Crippen LogP contribution in [0.15, 0.2) is 11.6 Å². The molecule has 248 valence electrons. The van der Waals surface area contributed by atoms with Crippen molar-refractivity contribution in [1.82, 2.24) is 0 Å². The standard InChI is InChI=1S/C31H46O13/c1-28-6-5-18-16(8-21(34)42-18)17(28)4-7-29-9-15(2-3-20(28)29)31(11-29,13-33)44-26-24(37)23(36)22(35)19(43-26)10-40-27-25(38)30(39,12-32)14-41-27/h8,15,17-20,22-27,32-33,35-39H,2-7,9-14H2,1H3. The van der Waals surface area contributed by atoms with Crippen LogP contribution in [0.3, 0.4) is 0 Å². The van der Waals surface area contributed by atoms with Crippen LogP contribution in [-0.4, -0.2) is 129 Å². The minimum atomic E-state index is -1.89. The molecule has 13 heteroatoms. The SMILES string of the molecule is CC12CCC3OC(=O)C=C3C1CCC13CC(CCC12)C(CO)(OC1OC(COC2OCC(O)(CO)C2O)C(O)C(O)C1O)C3. The van der Waals surface area contributed by atoms with Crippen molar-refractivity contribution in [3.05, 3.63) is 11.6 Å². The number of esters is 1. The molecule has 7 aliphatic rings.